The van der Waals surface area contributed by atoms with Gasteiger partial charge in [-0.1, -0.05) is 18.2 Å². The lowest BCUT2D eigenvalue weighted by Crippen LogP contribution is -2.29. The molecule has 1 aliphatic rings. The van der Waals surface area contributed by atoms with Gasteiger partial charge in [-0.25, -0.2) is 0 Å². The molecule has 0 saturated heterocycles. The van der Waals surface area contributed by atoms with Crippen molar-refractivity contribution in [3.8, 4) is 11.5 Å². The largest absolute Gasteiger partial charge is 0.493 e. The number of nitrogens with two attached hydrogens (primary N) is 1. The van der Waals surface area contributed by atoms with E-state index < -0.39 is 0 Å². The number of para-hydroxylation sites is 1. The predicted octanol–water partition coefficient (Wildman–Crippen LogP) is 2.81. The van der Waals surface area contributed by atoms with Gasteiger partial charge in [0.2, 0.25) is 5.91 Å². The Hall–Kier alpha value is -2.69. The van der Waals surface area contributed by atoms with Crippen LogP contribution in [-0.2, 0) is 17.6 Å². The number of nitrogens with zero attached hydrogens (tertiary/aromatic N) is 1. The number of carbonyl (C=O) groups is 1. The minimum atomic E-state index is 0.120. The molecule has 1 amide bonds. The SMILES string of the molecule is COc1cc(N)c(CCC(=O)N2CCc3ccccc32)cc1OC. The number of hydrogen-bond donors (Lipinski definition) is 1. The van der Waals surface area contributed by atoms with Crippen molar-refractivity contribution in [2.75, 3.05) is 31.4 Å². The highest BCUT2D eigenvalue weighted by molar-refractivity contribution is 5.95. The molecule has 2 N–H and O–H groups in total. The van der Waals surface area contributed by atoms with Gasteiger partial charge < -0.3 is 20.1 Å². The molecule has 1 heterocycles. The van der Waals surface area contributed by atoms with Crippen LogP contribution in [0, 0.1) is 0 Å². The minimum absolute atomic E-state index is 0.120. The lowest BCUT2D eigenvalue weighted by Gasteiger charge is -2.18. The van der Waals surface area contributed by atoms with Crippen LogP contribution in [0.15, 0.2) is 36.4 Å². The lowest BCUT2D eigenvalue weighted by atomic mass is 10.1. The molecule has 3 rings (SSSR count). The van der Waals surface area contributed by atoms with Crippen LogP contribution >= 0.6 is 0 Å². The molecule has 0 saturated carbocycles. The molecule has 5 heteroatoms. The van der Waals surface area contributed by atoms with Crippen LogP contribution in [0.5, 0.6) is 11.5 Å². The van der Waals surface area contributed by atoms with Crippen molar-refractivity contribution in [2.45, 2.75) is 19.3 Å². The normalized spacial score (nSPS) is 12.8. The molecule has 0 aromatic heterocycles. The Morgan fingerprint density at radius 1 is 1.17 bits per heavy atom. The van der Waals surface area contributed by atoms with Crippen LogP contribution in [-0.4, -0.2) is 26.7 Å². The monoisotopic (exact) mass is 326 g/mol. The first kappa shape index (κ1) is 16.2. The average Bonchev–Trinajstić information content (AvgIpc) is 3.04. The van der Waals surface area contributed by atoms with Gasteiger partial charge in [0.15, 0.2) is 11.5 Å². The van der Waals surface area contributed by atoms with Crippen molar-refractivity contribution < 1.29 is 14.3 Å². The van der Waals surface area contributed by atoms with Crippen LogP contribution in [0.2, 0.25) is 0 Å². The first-order valence-electron chi connectivity index (χ1n) is 8.02. The van der Waals surface area contributed by atoms with E-state index in [1.165, 1.54) is 5.56 Å². The predicted molar refractivity (Wildman–Crippen MR) is 94.8 cm³/mol. The number of nitrogen functional groups attached to an aromatic ring is 1. The van der Waals surface area contributed by atoms with E-state index >= 15 is 0 Å². The van der Waals surface area contributed by atoms with Crippen LogP contribution in [0.25, 0.3) is 0 Å². The standard InChI is InChI=1S/C19H22N2O3/c1-23-17-11-14(15(20)12-18(17)24-2)7-8-19(22)21-10-9-13-5-3-4-6-16(13)21/h3-6,11-12H,7-10,20H2,1-2H3. The number of benzene rings is 2. The quantitative estimate of drug-likeness (QED) is 0.858. The summed E-state index contributed by atoms with van der Waals surface area (Å²) in [5.41, 5.74) is 9.85. The van der Waals surface area contributed by atoms with E-state index in [-0.39, 0.29) is 5.91 Å². The fourth-order valence-electron chi connectivity index (χ4n) is 3.13. The zero-order valence-corrected chi connectivity index (χ0v) is 14.0. The maximum Gasteiger partial charge on any atom is 0.227 e. The van der Waals surface area contributed by atoms with Crippen LogP contribution in [0.3, 0.4) is 0 Å². The van der Waals surface area contributed by atoms with Gasteiger partial charge in [0, 0.05) is 30.4 Å². The third kappa shape index (κ3) is 3.02. The highest BCUT2D eigenvalue weighted by Gasteiger charge is 2.24. The zero-order chi connectivity index (χ0) is 17.1. The van der Waals surface area contributed by atoms with Gasteiger partial charge in [-0.05, 0) is 36.1 Å². The maximum absolute atomic E-state index is 12.6. The highest BCUT2D eigenvalue weighted by atomic mass is 16.5. The average molecular weight is 326 g/mol. The molecule has 1 aliphatic heterocycles. The van der Waals surface area contributed by atoms with Crippen LogP contribution in [0.1, 0.15) is 17.5 Å². The summed E-state index contributed by atoms with van der Waals surface area (Å²) in [5, 5.41) is 0. The van der Waals surface area contributed by atoms with Crippen LogP contribution < -0.4 is 20.1 Å². The van der Waals surface area contributed by atoms with Crippen molar-refractivity contribution >= 4 is 17.3 Å². The maximum atomic E-state index is 12.6. The first-order chi connectivity index (χ1) is 11.6. The molecule has 24 heavy (non-hydrogen) atoms. The first-order valence-corrected chi connectivity index (χ1v) is 8.02. The van der Waals surface area contributed by atoms with Gasteiger partial charge >= 0.3 is 0 Å². The summed E-state index contributed by atoms with van der Waals surface area (Å²) in [6.07, 6.45) is 1.90. The Morgan fingerprint density at radius 2 is 1.88 bits per heavy atom. The number of methoxy groups -OCH3 is 2. The van der Waals surface area contributed by atoms with E-state index in [1.807, 2.05) is 29.2 Å². The van der Waals surface area contributed by atoms with E-state index in [2.05, 4.69) is 6.07 Å². The molecule has 126 valence electrons. The summed E-state index contributed by atoms with van der Waals surface area (Å²) in [5.74, 6) is 1.34. The number of fused-ring (bicyclic) bond motifs is 1. The second-order valence-electron chi connectivity index (χ2n) is 5.83. The lowest BCUT2D eigenvalue weighted by molar-refractivity contribution is -0.118. The zero-order valence-electron chi connectivity index (χ0n) is 14.0. The molecule has 2 aromatic carbocycles. The Labute approximate surface area is 142 Å². The molecular weight excluding hydrogens is 304 g/mol. The van der Waals surface area contributed by atoms with Gasteiger partial charge in [-0.2, -0.15) is 0 Å². The van der Waals surface area contributed by atoms with E-state index in [0.717, 1.165) is 24.2 Å². The van der Waals surface area contributed by atoms with Gasteiger partial charge in [0.1, 0.15) is 0 Å². The Morgan fingerprint density at radius 3 is 2.62 bits per heavy atom. The molecule has 0 bridgehead atoms. The summed E-state index contributed by atoms with van der Waals surface area (Å²) in [6, 6.07) is 11.6. The highest BCUT2D eigenvalue weighted by Crippen LogP contribution is 2.33. The molecule has 0 fully saturated rings. The van der Waals surface area contributed by atoms with Gasteiger partial charge in [-0.15, -0.1) is 0 Å². The third-order valence-electron chi connectivity index (χ3n) is 4.44. The van der Waals surface area contributed by atoms with Gasteiger partial charge in [0.05, 0.1) is 14.2 Å². The van der Waals surface area contributed by atoms with Gasteiger partial charge in [0.25, 0.3) is 0 Å². The van der Waals surface area contributed by atoms with E-state index in [1.54, 1.807) is 20.3 Å². The number of carbonyl (C=O) groups excluding carboxylic acids is 1. The molecule has 2 aromatic rings. The molecular formula is C19H22N2O3. The number of ether oxygens (including phenoxy) is 2. The van der Waals surface area contributed by atoms with E-state index in [0.29, 0.717) is 30.0 Å². The second-order valence-corrected chi connectivity index (χ2v) is 5.83. The van der Waals surface area contributed by atoms with Crippen molar-refractivity contribution in [3.05, 3.63) is 47.5 Å². The fraction of sp³-hybridized carbons (Fsp3) is 0.316. The topological polar surface area (TPSA) is 64.8 Å². The van der Waals surface area contributed by atoms with Crippen LogP contribution in [0.4, 0.5) is 11.4 Å². The summed E-state index contributed by atoms with van der Waals surface area (Å²) in [4.78, 5) is 14.5. The van der Waals surface area contributed by atoms with Crippen molar-refractivity contribution in [1.82, 2.24) is 0 Å². The molecule has 0 aliphatic carbocycles. The third-order valence-corrected chi connectivity index (χ3v) is 4.44. The Kier molecular flexibility index (Phi) is 4.60. The molecule has 0 atom stereocenters. The smallest absolute Gasteiger partial charge is 0.227 e. The number of aryl methyl sites for hydroxylation is 1. The van der Waals surface area contributed by atoms with E-state index in [9.17, 15) is 4.79 Å². The molecule has 0 unspecified atom stereocenters. The van der Waals surface area contributed by atoms with E-state index in [4.69, 9.17) is 15.2 Å². The Bertz CT molecular complexity index is 758. The summed E-state index contributed by atoms with van der Waals surface area (Å²) < 4.78 is 10.5. The summed E-state index contributed by atoms with van der Waals surface area (Å²) >= 11 is 0. The number of amides is 1. The number of anilines is 2. The summed E-state index contributed by atoms with van der Waals surface area (Å²) in [6.45, 7) is 0.750. The second kappa shape index (κ2) is 6.83. The minimum Gasteiger partial charge on any atom is -0.493 e. The van der Waals surface area contributed by atoms with Gasteiger partial charge in [-0.3, -0.25) is 4.79 Å². The number of rotatable bonds is 5. The summed E-state index contributed by atoms with van der Waals surface area (Å²) in [7, 11) is 3.16. The molecule has 5 nitrogen and oxygen atoms in total. The van der Waals surface area contributed by atoms with Crippen molar-refractivity contribution in [2.24, 2.45) is 0 Å². The molecule has 0 spiro atoms. The van der Waals surface area contributed by atoms with Crippen molar-refractivity contribution in [3.63, 3.8) is 0 Å². The Balaban J connectivity index is 1.71. The van der Waals surface area contributed by atoms with Crippen molar-refractivity contribution in [1.29, 1.82) is 0 Å². The number of hydrogen-bond acceptors (Lipinski definition) is 4. The molecule has 0 radical (unpaired) electrons. The fourth-order valence-corrected chi connectivity index (χ4v) is 3.13.